The largest absolute Gasteiger partial charge is 0.497 e. The smallest absolute Gasteiger partial charge is 0.271 e. The van der Waals surface area contributed by atoms with Gasteiger partial charge in [0.15, 0.2) is 10.6 Å². The number of ketones is 1. The van der Waals surface area contributed by atoms with E-state index in [0.29, 0.717) is 37.7 Å². The molecule has 1 aliphatic rings. The minimum absolute atomic E-state index is 0.144. The number of para-hydroxylation sites is 1. The summed E-state index contributed by atoms with van der Waals surface area (Å²) in [6.45, 7) is 7.42. The maximum Gasteiger partial charge on any atom is 0.271 e. The van der Waals surface area contributed by atoms with Gasteiger partial charge >= 0.3 is 0 Å². The average molecular weight is 528 g/mol. The van der Waals surface area contributed by atoms with Gasteiger partial charge in [-0.15, -0.1) is 0 Å². The maximum absolute atomic E-state index is 13.9. The molecule has 0 N–H and O–H groups in total. The van der Waals surface area contributed by atoms with E-state index in [2.05, 4.69) is 34.7 Å². The Morgan fingerprint density at radius 2 is 1.76 bits per heavy atom. The Morgan fingerprint density at radius 1 is 1.03 bits per heavy atom. The summed E-state index contributed by atoms with van der Waals surface area (Å²) < 4.78 is 15.4. The molecule has 4 aromatic rings. The first-order valence-electron chi connectivity index (χ1n) is 12.2. The van der Waals surface area contributed by atoms with Crippen molar-refractivity contribution in [1.82, 2.24) is 9.13 Å². The third-order valence-electron chi connectivity index (χ3n) is 6.91. The van der Waals surface area contributed by atoms with E-state index < -0.39 is 6.04 Å². The molecule has 8 heteroatoms. The number of hydrogen-bond donors (Lipinski definition) is 0. The second-order valence-electron chi connectivity index (χ2n) is 9.24. The van der Waals surface area contributed by atoms with Crippen LogP contribution in [0.25, 0.3) is 11.8 Å². The molecule has 5 rings (SSSR count). The lowest BCUT2D eigenvalue weighted by atomic mass is 9.92. The van der Waals surface area contributed by atoms with E-state index in [1.807, 2.05) is 44.2 Å². The van der Waals surface area contributed by atoms with Crippen LogP contribution in [0.5, 0.6) is 11.5 Å². The van der Waals surface area contributed by atoms with Gasteiger partial charge in [-0.25, -0.2) is 4.99 Å². The number of Topliss-reactive ketones (excluding diaryl/α,β-unsaturated/α-hetero) is 1. The Balaban J connectivity index is 1.73. The van der Waals surface area contributed by atoms with Gasteiger partial charge in [-0.2, -0.15) is 0 Å². The highest BCUT2D eigenvalue weighted by atomic mass is 32.1. The van der Waals surface area contributed by atoms with E-state index in [1.165, 1.54) is 18.3 Å². The molecular weight excluding hydrogens is 498 g/mol. The molecule has 38 heavy (non-hydrogen) atoms. The summed E-state index contributed by atoms with van der Waals surface area (Å²) in [5, 5.41) is 0. The first-order valence-corrected chi connectivity index (χ1v) is 13.1. The Labute approximate surface area is 224 Å². The van der Waals surface area contributed by atoms with Gasteiger partial charge in [0.05, 0.1) is 24.8 Å². The monoisotopic (exact) mass is 527 g/mol. The van der Waals surface area contributed by atoms with Crippen LogP contribution in [0.1, 0.15) is 42.4 Å². The van der Waals surface area contributed by atoms with Gasteiger partial charge in [0.1, 0.15) is 11.5 Å². The standard InChI is InChI=1S/C30H29N3O4S/c1-17-14-21(19(3)32(17)22-10-8-7-9-11-22)15-26-29(35)33-28(24-13-12-23(36-5)16-25(24)37-6)27(20(4)34)18(2)31-30(33)38-26/h7-16,28H,1-6H3/b26-15+. The highest BCUT2D eigenvalue weighted by Gasteiger charge is 2.32. The fourth-order valence-electron chi connectivity index (χ4n) is 5.16. The lowest BCUT2D eigenvalue weighted by molar-refractivity contribution is -0.114. The van der Waals surface area contributed by atoms with E-state index >= 15 is 0 Å². The van der Waals surface area contributed by atoms with Crippen molar-refractivity contribution in [2.24, 2.45) is 4.99 Å². The third kappa shape index (κ3) is 4.20. The van der Waals surface area contributed by atoms with E-state index in [4.69, 9.17) is 9.47 Å². The van der Waals surface area contributed by atoms with Gasteiger partial charge in [0.2, 0.25) is 0 Å². The molecule has 2 aromatic heterocycles. The number of fused-ring (bicyclic) bond motifs is 1. The SMILES string of the molecule is COc1ccc(C2C(C(C)=O)=C(C)N=c3s/c(=C/c4cc(C)n(-c5ccccc5)c4C)c(=O)n32)c(OC)c1. The van der Waals surface area contributed by atoms with Crippen molar-refractivity contribution in [3.8, 4) is 17.2 Å². The van der Waals surface area contributed by atoms with Crippen molar-refractivity contribution in [2.45, 2.75) is 33.7 Å². The molecule has 0 saturated heterocycles. The first-order chi connectivity index (χ1) is 18.2. The highest BCUT2D eigenvalue weighted by molar-refractivity contribution is 7.07. The number of allylic oxidation sites excluding steroid dienone is 2. The fraction of sp³-hybridized carbons (Fsp3) is 0.233. The summed E-state index contributed by atoms with van der Waals surface area (Å²) in [6, 6.07) is 17.0. The van der Waals surface area contributed by atoms with Crippen LogP contribution in [0, 0.1) is 13.8 Å². The number of thiazole rings is 1. The molecule has 0 amide bonds. The number of ether oxygens (including phenoxy) is 2. The number of carbonyl (C=O) groups is 1. The summed E-state index contributed by atoms with van der Waals surface area (Å²) >= 11 is 1.32. The predicted molar refractivity (Wildman–Crippen MR) is 149 cm³/mol. The van der Waals surface area contributed by atoms with Crippen LogP contribution < -0.4 is 24.4 Å². The van der Waals surface area contributed by atoms with Gasteiger partial charge in [-0.05, 0) is 69.7 Å². The molecule has 1 unspecified atom stereocenters. The number of benzene rings is 2. The van der Waals surface area contributed by atoms with Crippen LogP contribution in [-0.2, 0) is 4.79 Å². The number of carbonyl (C=O) groups excluding carboxylic acids is 1. The molecule has 1 atom stereocenters. The van der Waals surface area contributed by atoms with Crippen LogP contribution in [0.15, 0.2) is 75.7 Å². The normalized spacial score (nSPS) is 15.3. The Morgan fingerprint density at radius 3 is 2.42 bits per heavy atom. The topological polar surface area (TPSA) is 74.8 Å². The number of hydrogen-bond acceptors (Lipinski definition) is 6. The second-order valence-corrected chi connectivity index (χ2v) is 10.3. The van der Waals surface area contributed by atoms with Crippen molar-refractivity contribution >= 4 is 23.2 Å². The summed E-state index contributed by atoms with van der Waals surface area (Å²) in [5.41, 5.74) is 5.69. The highest BCUT2D eigenvalue weighted by Crippen LogP contribution is 2.37. The number of aryl methyl sites for hydroxylation is 1. The van der Waals surface area contributed by atoms with Crippen molar-refractivity contribution in [1.29, 1.82) is 0 Å². The van der Waals surface area contributed by atoms with Gasteiger partial charge in [0, 0.05) is 40.0 Å². The van der Waals surface area contributed by atoms with Crippen LogP contribution in [0.3, 0.4) is 0 Å². The van der Waals surface area contributed by atoms with Gasteiger partial charge in [-0.1, -0.05) is 29.5 Å². The molecule has 0 fully saturated rings. The van der Waals surface area contributed by atoms with E-state index in [1.54, 1.807) is 30.9 Å². The van der Waals surface area contributed by atoms with Gasteiger partial charge in [-0.3, -0.25) is 14.2 Å². The lowest BCUT2D eigenvalue weighted by Gasteiger charge is -2.26. The molecule has 1 aliphatic heterocycles. The molecule has 0 bridgehead atoms. The maximum atomic E-state index is 13.9. The second kappa shape index (κ2) is 9.95. The minimum atomic E-state index is -0.663. The summed E-state index contributed by atoms with van der Waals surface area (Å²) in [6.07, 6.45) is 1.92. The van der Waals surface area contributed by atoms with Crippen molar-refractivity contribution in [2.75, 3.05) is 14.2 Å². The summed E-state index contributed by atoms with van der Waals surface area (Å²) in [4.78, 5) is 32.0. The quantitative estimate of drug-likeness (QED) is 0.376. The molecular formula is C30H29N3O4S. The van der Waals surface area contributed by atoms with Crippen LogP contribution >= 0.6 is 11.3 Å². The zero-order chi connectivity index (χ0) is 27.1. The zero-order valence-electron chi connectivity index (χ0n) is 22.2. The first kappa shape index (κ1) is 25.5. The number of aromatic nitrogens is 2. The van der Waals surface area contributed by atoms with Crippen LogP contribution in [0.2, 0.25) is 0 Å². The molecule has 0 radical (unpaired) electrons. The molecule has 0 aliphatic carbocycles. The summed E-state index contributed by atoms with van der Waals surface area (Å²) in [7, 11) is 3.14. The fourth-order valence-corrected chi connectivity index (χ4v) is 6.20. The van der Waals surface area contributed by atoms with Crippen LogP contribution in [-0.4, -0.2) is 29.1 Å². The Kier molecular flexibility index (Phi) is 6.67. The average Bonchev–Trinajstić information content (AvgIpc) is 3.36. The molecule has 0 spiro atoms. The zero-order valence-corrected chi connectivity index (χ0v) is 23.1. The number of nitrogens with zero attached hydrogens (tertiary/aromatic N) is 3. The Bertz CT molecular complexity index is 1770. The van der Waals surface area contributed by atoms with E-state index in [0.717, 1.165) is 22.6 Å². The predicted octanol–water partition coefficient (Wildman–Crippen LogP) is 4.25. The van der Waals surface area contributed by atoms with E-state index in [-0.39, 0.29) is 11.3 Å². The number of methoxy groups -OCH3 is 2. The van der Waals surface area contributed by atoms with Crippen molar-refractivity contribution in [3.63, 3.8) is 0 Å². The van der Waals surface area contributed by atoms with Crippen LogP contribution in [0.4, 0.5) is 0 Å². The molecule has 0 saturated carbocycles. The molecule has 2 aromatic carbocycles. The molecule has 7 nitrogen and oxygen atoms in total. The van der Waals surface area contributed by atoms with E-state index in [9.17, 15) is 9.59 Å². The third-order valence-corrected chi connectivity index (χ3v) is 7.89. The molecule has 194 valence electrons. The molecule has 3 heterocycles. The van der Waals surface area contributed by atoms with Crippen molar-refractivity contribution in [3.05, 3.63) is 108 Å². The lowest BCUT2D eigenvalue weighted by Crippen LogP contribution is -2.39. The van der Waals surface area contributed by atoms with Gasteiger partial charge in [0.25, 0.3) is 5.56 Å². The van der Waals surface area contributed by atoms with Gasteiger partial charge < -0.3 is 14.0 Å². The Hall–Kier alpha value is -4.17. The van der Waals surface area contributed by atoms with Crippen molar-refractivity contribution < 1.29 is 14.3 Å². The number of rotatable bonds is 6. The minimum Gasteiger partial charge on any atom is -0.497 e. The summed E-state index contributed by atoms with van der Waals surface area (Å²) in [5.74, 6) is 1.01.